The highest BCUT2D eigenvalue weighted by atomic mass is 16.5. The first-order valence-electron chi connectivity index (χ1n) is 12.2. The molecule has 4 rings (SSSR count). The van der Waals surface area contributed by atoms with Crippen LogP contribution in [0.3, 0.4) is 0 Å². The van der Waals surface area contributed by atoms with E-state index in [1.807, 2.05) is 36.4 Å². The van der Waals surface area contributed by atoms with E-state index < -0.39 is 30.4 Å². The normalized spacial score (nSPS) is 17.9. The predicted octanol–water partition coefficient (Wildman–Crippen LogP) is 3.31. The molecular weight excluding hydrogens is 446 g/mol. The fraction of sp³-hybridized carbons (Fsp3) is 0.444. The highest BCUT2D eigenvalue weighted by Crippen LogP contribution is 2.44. The maximum atomic E-state index is 13.1. The smallest absolute Gasteiger partial charge is 0.407 e. The number of rotatable bonds is 9. The van der Waals surface area contributed by atoms with Gasteiger partial charge in [0.15, 0.2) is 0 Å². The summed E-state index contributed by atoms with van der Waals surface area (Å²) in [4.78, 5) is 41.0. The number of carboxylic acid groups (broad SMARTS) is 1. The molecule has 0 saturated carbocycles. The number of carbonyl (C=O) groups excluding carboxylic acids is 2. The van der Waals surface area contributed by atoms with Crippen LogP contribution in [0.1, 0.15) is 43.2 Å². The fourth-order valence-electron chi connectivity index (χ4n) is 5.35. The summed E-state index contributed by atoms with van der Waals surface area (Å²) in [6.07, 6.45) is 0.775. The second-order valence-corrected chi connectivity index (χ2v) is 9.26. The molecule has 2 aromatic carbocycles. The van der Waals surface area contributed by atoms with Gasteiger partial charge in [0.2, 0.25) is 5.91 Å². The van der Waals surface area contributed by atoms with Crippen LogP contribution < -0.4 is 5.32 Å². The predicted molar refractivity (Wildman–Crippen MR) is 132 cm³/mol. The number of likely N-dealkylation sites (N-methyl/N-ethyl adjacent to an activating group) is 2. The quantitative estimate of drug-likeness (QED) is 0.573. The number of aliphatic carboxylic acids is 1. The van der Waals surface area contributed by atoms with Crippen LogP contribution in [0.5, 0.6) is 0 Å². The van der Waals surface area contributed by atoms with Crippen molar-refractivity contribution in [3.8, 4) is 11.1 Å². The topological polar surface area (TPSA) is 99.2 Å². The lowest BCUT2D eigenvalue weighted by atomic mass is 9.98. The highest BCUT2D eigenvalue weighted by Gasteiger charge is 2.32. The van der Waals surface area contributed by atoms with Crippen LogP contribution in [0.25, 0.3) is 11.1 Å². The number of nitrogens with zero attached hydrogens (tertiary/aromatic N) is 2. The molecule has 1 aliphatic carbocycles. The van der Waals surface area contributed by atoms with Gasteiger partial charge in [-0.25, -0.2) is 4.79 Å². The Bertz CT molecular complexity index is 1040. The van der Waals surface area contributed by atoms with Crippen molar-refractivity contribution in [2.75, 3.05) is 33.3 Å². The number of nitrogens with one attached hydrogen (secondary N) is 1. The lowest BCUT2D eigenvalue weighted by Crippen LogP contribution is -2.51. The number of ether oxygens (including phenoxy) is 1. The van der Waals surface area contributed by atoms with E-state index in [2.05, 4.69) is 29.3 Å². The van der Waals surface area contributed by atoms with Crippen molar-refractivity contribution in [3.63, 3.8) is 0 Å². The van der Waals surface area contributed by atoms with E-state index in [-0.39, 0.29) is 18.6 Å². The Morgan fingerprint density at radius 3 is 2.34 bits per heavy atom. The maximum absolute atomic E-state index is 13.1. The lowest BCUT2D eigenvalue weighted by molar-refractivity contribution is -0.142. The minimum absolute atomic E-state index is 0.0945. The van der Waals surface area contributed by atoms with E-state index in [0.717, 1.165) is 48.2 Å². The van der Waals surface area contributed by atoms with Gasteiger partial charge < -0.3 is 20.1 Å². The second-order valence-electron chi connectivity index (χ2n) is 9.26. The van der Waals surface area contributed by atoms with Crippen molar-refractivity contribution in [2.45, 2.75) is 44.2 Å². The number of fused-ring (bicyclic) bond motifs is 3. The molecule has 1 heterocycles. The average Bonchev–Trinajstić information content (AvgIpc) is 3.43. The highest BCUT2D eigenvalue weighted by molar-refractivity contribution is 5.89. The zero-order valence-corrected chi connectivity index (χ0v) is 20.3. The first kappa shape index (κ1) is 24.7. The van der Waals surface area contributed by atoms with E-state index in [1.54, 1.807) is 7.05 Å². The Hall–Kier alpha value is -3.39. The van der Waals surface area contributed by atoms with E-state index in [4.69, 9.17) is 4.74 Å². The molecule has 2 amide bonds. The van der Waals surface area contributed by atoms with Crippen molar-refractivity contribution in [3.05, 3.63) is 59.7 Å². The summed E-state index contributed by atoms with van der Waals surface area (Å²) in [6, 6.07) is 15.1. The molecule has 2 aliphatic rings. The molecule has 186 valence electrons. The molecule has 2 atom stereocenters. The molecule has 0 radical (unpaired) electrons. The summed E-state index contributed by atoms with van der Waals surface area (Å²) < 4.78 is 5.53. The van der Waals surface area contributed by atoms with Gasteiger partial charge in [0.05, 0.1) is 6.42 Å². The Balaban J connectivity index is 1.39. The molecular formula is C27H33N3O5. The van der Waals surface area contributed by atoms with E-state index in [9.17, 15) is 19.5 Å². The van der Waals surface area contributed by atoms with Crippen LogP contribution in [0.2, 0.25) is 0 Å². The van der Waals surface area contributed by atoms with Gasteiger partial charge in [0, 0.05) is 25.6 Å². The van der Waals surface area contributed by atoms with Crippen LogP contribution in [0, 0.1) is 0 Å². The van der Waals surface area contributed by atoms with E-state index in [0.29, 0.717) is 6.54 Å². The van der Waals surface area contributed by atoms with E-state index in [1.165, 1.54) is 4.90 Å². The lowest BCUT2D eigenvalue weighted by Gasteiger charge is -2.30. The third-order valence-corrected chi connectivity index (χ3v) is 7.08. The molecule has 1 aliphatic heterocycles. The summed E-state index contributed by atoms with van der Waals surface area (Å²) in [5, 5.41) is 11.8. The van der Waals surface area contributed by atoms with Crippen molar-refractivity contribution < 1.29 is 24.2 Å². The number of benzene rings is 2. The summed E-state index contributed by atoms with van der Waals surface area (Å²) >= 11 is 0. The molecule has 2 N–H and O–H groups in total. The Labute approximate surface area is 205 Å². The molecule has 0 spiro atoms. The Morgan fingerprint density at radius 2 is 1.74 bits per heavy atom. The monoisotopic (exact) mass is 479 g/mol. The molecule has 0 bridgehead atoms. The number of hydrogen-bond donors (Lipinski definition) is 2. The van der Waals surface area contributed by atoms with Gasteiger partial charge in [0.1, 0.15) is 12.6 Å². The molecule has 1 fully saturated rings. The summed E-state index contributed by atoms with van der Waals surface area (Å²) in [5.41, 5.74) is 4.39. The third kappa shape index (κ3) is 5.48. The SMILES string of the molecule is CCN1CCCC1CN(C)C(=O)C(CC(=O)O)NC(=O)OCC1c2ccccc2-c2ccccc21. The van der Waals surface area contributed by atoms with Crippen molar-refractivity contribution in [2.24, 2.45) is 0 Å². The zero-order chi connectivity index (χ0) is 24.9. The maximum Gasteiger partial charge on any atom is 0.407 e. The molecule has 0 aromatic heterocycles. The largest absolute Gasteiger partial charge is 0.481 e. The number of carboxylic acids is 1. The van der Waals surface area contributed by atoms with Crippen molar-refractivity contribution >= 4 is 18.0 Å². The molecule has 1 saturated heterocycles. The molecule has 2 aromatic rings. The standard InChI is InChI=1S/C27H33N3O5/c1-3-30-14-8-9-18(30)16-29(2)26(33)24(15-25(31)32)28-27(34)35-17-23-21-12-6-4-10-19(21)20-11-5-7-13-22(20)23/h4-7,10-13,18,23-24H,3,8-9,14-17H2,1-2H3,(H,28,34)(H,31,32). The second kappa shape index (κ2) is 10.9. The Morgan fingerprint density at radius 1 is 1.11 bits per heavy atom. The van der Waals surface area contributed by atoms with Gasteiger partial charge in [-0.1, -0.05) is 55.5 Å². The van der Waals surface area contributed by atoms with Gasteiger partial charge in [-0.2, -0.15) is 0 Å². The minimum atomic E-state index is -1.19. The fourth-order valence-corrected chi connectivity index (χ4v) is 5.35. The first-order valence-corrected chi connectivity index (χ1v) is 12.2. The van der Waals surface area contributed by atoms with Crippen molar-refractivity contribution in [1.29, 1.82) is 0 Å². The number of amides is 2. The number of likely N-dealkylation sites (tertiary alicyclic amines) is 1. The van der Waals surface area contributed by atoms with Gasteiger partial charge in [-0.3, -0.25) is 14.5 Å². The third-order valence-electron chi connectivity index (χ3n) is 7.08. The summed E-state index contributed by atoms with van der Waals surface area (Å²) in [6.45, 7) is 4.58. The van der Waals surface area contributed by atoms with Gasteiger partial charge in [-0.05, 0) is 48.2 Å². The van der Waals surface area contributed by atoms with Crippen LogP contribution in [0.4, 0.5) is 4.79 Å². The molecule has 8 nitrogen and oxygen atoms in total. The van der Waals surface area contributed by atoms with Gasteiger partial charge in [-0.15, -0.1) is 0 Å². The number of hydrogen-bond acceptors (Lipinski definition) is 5. The van der Waals surface area contributed by atoms with Crippen LogP contribution >= 0.6 is 0 Å². The van der Waals surface area contributed by atoms with E-state index >= 15 is 0 Å². The van der Waals surface area contributed by atoms with Gasteiger partial charge >= 0.3 is 12.1 Å². The number of alkyl carbamates (subject to hydrolysis) is 1. The molecule has 8 heteroatoms. The van der Waals surface area contributed by atoms with Gasteiger partial charge in [0.25, 0.3) is 0 Å². The van der Waals surface area contributed by atoms with Crippen molar-refractivity contribution in [1.82, 2.24) is 15.1 Å². The van der Waals surface area contributed by atoms with Crippen LogP contribution in [0.15, 0.2) is 48.5 Å². The number of carbonyl (C=O) groups is 3. The molecule has 35 heavy (non-hydrogen) atoms. The Kier molecular flexibility index (Phi) is 7.70. The average molecular weight is 480 g/mol. The molecule has 2 unspecified atom stereocenters. The zero-order valence-electron chi connectivity index (χ0n) is 20.3. The van der Waals surface area contributed by atoms with Crippen LogP contribution in [-0.4, -0.2) is 78.2 Å². The van der Waals surface area contributed by atoms with Crippen LogP contribution in [-0.2, 0) is 14.3 Å². The summed E-state index contributed by atoms with van der Waals surface area (Å²) in [7, 11) is 1.66. The summed E-state index contributed by atoms with van der Waals surface area (Å²) in [5.74, 6) is -1.71. The first-order chi connectivity index (χ1) is 16.9. The minimum Gasteiger partial charge on any atom is -0.481 e.